The van der Waals surface area contributed by atoms with E-state index < -0.39 is 23.7 Å². The lowest BCUT2D eigenvalue weighted by Crippen LogP contribution is -2.45. The Morgan fingerprint density at radius 3 is 2.60 bits per heavy atom. The second kappa shape index (κ2) is 4.98. The van der Waals surface area contributed by atoms with Gasteiger partial charge in [-0.1, -0.05) is 23.7 Å². The van der Waals surface area contributed by atoms with Gasteiger partial charge in [0.15, 0.2) is 0 Å². The highest BCUT2D eigenvalue weighted by molar-refractivity contribution is 6.34. The number of aliphatic carboxylic acids is 1. The lowest BCUT2D eigenvalue weighted by atomic mass is 10.1. The maximum absolute atomic E-state index is 12.3. The lowest BCUT2D eigenvalue weighted by Gasteiger charge is -2.27. The summed E-state index contributed by atoms with van der Waals surface area (Å²) in [6.07, 6.45) is -0.471. The van der Waals surface area contributed by atoms with Crippen LogP contribution in [0.1, 0.15) is 26.3 Å². The summed E-state index contributed by atoms with van der Waals surface area (Å²) in [6, 6.07) is 4.14. The predicted octanol–water partition coefficient (Wildman–Crippen LogP) is 3.09. The minimum absolute atomic E-state index is 0.227. The number of fused-ring (bicyclic) bond motifs is 1. The molecule has 1 aromatic carbocycles. The minimum atomic E-state index is -1.08. The van der Waals surface area contributed by atoms with Crippen LogP contribution in [0.5, 0.6) is 0 Å². The smallest absolute Gasteiger partial charge is 0.415 e. The van der Waals surface area contributed by atoms with Crippen molar-refractivity contribution in [2.75, 3.05) is 4.90 Å². The quantitative estimate of drug-likeness (QED) is 0.865. The molecule has 1 amide bonds. The summed E-state index contributed by atoms with van der Waals surface area (Å²) in [5, 5.41) is 9.65. The average Bonchev–Trinajstić information content (AvgIpc) is 2.67. The summed E-state index contributed by atoms with van der Waals surface area (Å²) in [7, 11) is 0. The van der Waals surface area contributed by atoms with Crippen LogP contribution in [0.25, 0.3) is 0 Å². The van der Waals surface area contributed by atoms with Crippen molar-refractivity contribution in [1.29, 1.82) is 0 Å². The van der Waals surface area contributed by atoms with Crippen molar-refractivity contribution in [3.05, 3.63) is 28.8 Å². The molecule has 0 spiro atoms. The molecular formula is C14H16ClNO4. The molecule has 6 heteroatoms. The fourth-order valence-electron chi connectivity index (χ4n) is 2.18. The first kappa shape index (κ1) is 14.7. The van der Waals surface area contributed by atoms with Crippen LogP contribution in [0.3, 0.4) is 0 Å². The zero-order chi connectivity index (χ0) is 15.1. The van der Waals surface area contributed by atoms with Crippen LogP contribution in [0.15, 0.2) is 18.2 Å². The Morgan fingerprint density at radius 2 is 2.05 bits per heavy atom. The molecule has 0 bridgehead atoms. The number of benzene rings is 1. The van der Waals surface area contributed by atoms with Gasteiger partial charge in [0.2, 0.25) is 0 Å². The molecule has 20 heavy (non-hydrogen) atoms. The summed E-state index contributed by atoms with van der Waals surface area (Å²) in [5.74, 6) is -1.08. The molecule has 0 radical (unpaired) electrons. The third-order valence-corrected chi connectivity index (χ3v) is 3.22. The van der Waals surface area contributed by atoms with Gasteiger partial charge in [-0.3, -0.25) is 4.90 Å². The maximum atomic E-state index is 12.3. The van der Waals surface area contributed by atoms with Crippen molar-refractivity contribution < 1.29 is 19.4 Å². The van der Waals surface area contributed by atoms with E-state index in [1.165, 1.54) is 0 Å². The van der Waals surface area contributed by atoms with E-state index in [1.807, 2.05) is 0 Å². The number of carbonyl (C=O) groups excluding carboxylic acids is 1. The van der Waals surface area contributed by atoms with Gasteiger partial charge >= 0.3 is 12.1 Å². The molecule has 0 fully saturated rings. The number of rotatable bonds is 1. The van der Waals surface area contributed by atoms with Gasteiger partial charge in [-0.25, -0.2) is 9.59 Å². The van der Waals surface area contributed by atoms with Crippen LogP contribution < -0.4 is 4.90 Å². The molecule has 0 unspecified atom stereocenters. The van der Waals surface area contributed by atoms with Crippen molar-refractivity contribution in [3.63, 3.8) is 0 Å². The number of hydrogen-bond acceptors (Lipinski definition) is 3. The third kappa shape index (κ3) is 2.72. The topological polar surface area (TPSA) is 66.8 Å². The largest absolute Gasteiger partial charge is 0.480 e. The van der Waals surface area contributed by atoms with E-state index in [1.54, 1.807) is 39.0 Å². The van der Waals surface area contributed by atoms with Gasteiger partial charge in [-0.2, -0.15) is 0 Å². The van der Waals surface area contributed by atoms with Crippen LogP contribution in [-0.2, 0) is 16.0 Å². The van der Waals surface area contributed by atoms with E-state index in [0.29, 0.717) is 10.7 Å². The second-order valence-corrected chi connectivity index (χ2v) is 6.06. The van der Waals surface area contributed by atoms with E-state index in [9.17, 15) is 14.7 Å². The van der Waals surface area contributed by atoms with E-state index in [0.717, 1.165) is 10.5 Å². The summed E-state index contributed by atoms with van der Waals surface area (Å²) >= 11 is 6.11. The molecule has 0 saturated carbocycles. The first-order valence-corrected chi connectivity index (χ1v) is 6.61. The van der Waals surface area contributed by atoms with Gasteiger partial charge in [0.25, 0.3) is 0 Å². The number of ether oxygens (including phenoxy) is 1. The Hall–Kier alpha value is -1.75. The molecule has 0 aromatic heterocycles. The molecule has 1 heterocycles. The number of para-hydroxylation sites is 1. The number of halogens is 1. The third-order valence-electron chi connectivity index (χ3n) is 2.91. The molecule has 0 aliphatic carbocycles. The Labute approximate surface area is 122 Å². The highest BCUT2D eigenvalue weighted by Crippen LogP contribution is 2.39. The number of nitrogens with zero attached hydrogens (tertiary/aromatic N) is 1. The van der Waals surface area contributed by atoms with E-state index >= 15 is 0 Å². The predicted molar refractivity (Wildman–Crippen MR) is 75.3 cm³/mol. The normalized spacial score (nSPS) is 17.8. The van der Waals surface area contributed by atoms with Crippen LogP contribution >= 0.6 is 11.6 Å². The van der Waals surface area contributed by atoms with Gasteiger partial charge < -0.3 is 9.84 Å². The lowest BCUT2D eigenvalue weighted by molar-refractivity contribution is -0.138. The zero-order valence-electron chi connectivity index (χ0n) is 11.5. The van der Waals surface area contributed by atoms with Crippen LogP contribution in [0.2, 0.25) is 5.02 Å². The van der Waals surface area contributed by atoms with Crippen molar-refractivity contribution >= 4 is 29.4 Å². The molecule has 5 nitrogen and oxygen atoms in total. The highest BCUT2D eigenvalue weighted by atomic mass is 35.5. The van der Waals surface area contributed by atoms with Crippen LogP contribution in [0, 0.1) is 0 Å². The highest BCUT2D eigenvalue weighted by Gasteiger charge is 2.41. The standard InChI is InChI=1S/C14H16ClNO4/c1-14(2,3)20-13(19)16-10(12(17)18)7-8-5-4-6-9(15)11(8)16/h4-6,10H,7H2,1-3H3,(H,17,18)/t10-/m1/s1. The molecule has 0 saturated heterocycles. The Kier molecular flexibility index (Phi) is 3.65. The van der Waals surface area contributed by atoms with E-state index in [-0.39, 0.29) is 6.42 Å². The number of amides is 1. The maximum Gasteiger partial charge on any atom is 0.415 e. The summed E-state index contributed by atoms with van der Waals surface area (Å²) in [6.45, 7) is 5.18. The van der Waals surface area contributed by atoms with Crippen molar-refractivity contribution in [2.24, 2.45) is 0 Å². The fraction of sp³-hybridized carbons (Fsp3) is 0.429. The zero-order valence-corrected chi connectivity index (χ0v) is 12.3. The molecule has 1 aliphatic rings. The fourth-order valence-corrected chi connectivity index (χ4v) is 2.46. The number of carbonyl (C=O) groups is 2. The molecule has 1 aromatic rings. The van der Waals surface area contributed by atoms with E-state index in [4.69, 9.17) is 16.3 Å². The van der Waals surface area contributed by atoms with Gasteiger partial charge in [0, 0.05) is 6.42 Å². The first-order valence-electron chi connectivity index (χ1n) is 6.23. The first-order chi connectivity index (χ1) is 9.20. The molecular weight excluding hydrogens is 282 g/mol. The Bertz CT molecular complexity index is 565. The second-order valence-electron chi connectivity index (χ2n) is 5.66. The number of anilines is 1. The van der Waals surface area contributed by atoms with Crippen LogP contribution in [-0.4, -0.2) is 28.8 Å². The van der Waals surface area contributed by atoms with E-state index in [2.05, 4.69) is 0 Å². The van der Waals surface area contributed by atoms with Gasteiger partial charge in [0.1, 0.15) is 11.6 Å². The van der Waals surface area contributed by atoms with Gasteiger partial charge in [0.05, 0.1) is 10.7 Å². The molecule has 1 atom stereocenters. The van der Waals surface area contributed by atoms with Crippen molar-refractivity contribution in [2.45, 2.75) is 38.8 Å². The monoisotopic (exact) mass is 297 g/mol. The molecule has 2 rings (SSSR count). The van der Waals surface area contributed by atoms with Crippen molar-refractivity contribution in [3.8, 4) is 0 Å². The number of carboxylic acids is 1. The Balaban J connectivity index is 2.42. The molecule has 1 aliphatic heterocycles. The number of carboxylic acid groups (broad SMARTS) is 1. The van der Waals surface area contributed by atoms with Gasteiger partial charge in [-0.15, -0.1) is 0 Å². The summed E-state index contributed by atoms with van der Waals surface area (Å²) in [4.78, 5) is 24.8. The molecule has 108 valence electrons. The van der Waals surface area contributed by atoms with Crippen LogP contribution in [0.4, 0.5) is 10.5 Å². The number of hydrogen-bond donors (Lipinski definition) is 1. The summed E-state index contributed by atoms with van der Waals surface area (Å²) < 4.78 is 5.28. The van der Waals surface area contributed by atoms with Crippen molar-refractivity contribution in [1.82, 2.24) is 0 Å². The molecule has 1 N–H and O–H groups in total. The average molecular weight is 298 g/mol. The van der Waals surface area contributed by atoms with Gasteiger partial charge in [-0.05, 0) is 32.4 Å². The SMILES string of the molecule is CC(C)(C)OC(=O)N1c2c(Cl)cccc2C[C@@H]1C(=O)O. The Morgan fingerprint density at radius 1 is 1.40 bits per heavy atom. The summed E-state index contributed by atoms with van der Waals surface area (Å²) in [5.41, 5.74) is 0.455. The minimum Gasteiger partial charge on any atom is -0.480 e.